The third-order valence-electron chi connectivity index (χ3n) is 2.74. The Kier molecular flexibility index (Phi) is 6.83. The highest BCUT2D eigenvalue weighted by molar-refractivity contribution is 7.14. The summed E-state index contributed by atoms with van der Waals surface area (Å²) < 4.78 is 0. The molecule has 0 radical (unpaired) electrons. The summed E-state index contributed by atoms with van der Waals surface area (Å²) in [6.07, 6.45) is 0. The van der Waals surface area contributed by atoms with Gasteiger partial charge in [-0.3, -0.25) is 19.3 Å². The van der Waals surface area contributed by atoms with E-state index in [1.807, 2.05) is 13.8 Å². The number of hydrogen-bond acceptors (Lipinski definition) is 5. The number of thiophene rings is 1. The molecule has 0 aliphatic rings. The molecule has 1 rings (SSSR count). The number of hydrogen-bond donors (Lipinski definition) is 3. The molecule has 0 spiro atoms. The van der Waals surface area contributed by atoms with Gasteiger partial charge < -0.3 is 16.4 Å². The summed E-state index contributed by atoms with van der Waals surface area (Å²) in [4.78, 5) is 36.4. The van der Waals surface area contributed by atoms with Gasteiger partial charge >= 0.3 is 0 Å². The van der Waals surface area contributed by atoms with Gasteiger partial charge in [-0.1, -0.05) is 6.92 Å². The largest absolute Gasteiger partial charge is 0.366 e. The van der Waals surface area contributed by atoms with Gasteiger partial charge in [0, 0.05) is 6.54 Å². The highest BCUT2D eigenvalue weighted by atomic mass is 32.1. The fourth-order valence-corrected chi connectivity index (χ4v) is 2.51. The molecule has 7 nitrogen and oxygen atoms in total. The van der Waals surface area contributed by atoms with Crippen molar-refractivity contribution < 1.29 is 14.4 Å². The summed E-state index contributed by atoms with van der Waals surface area (Å²) >= 11 is 1.23. The van der Waals surface area contributed by atoms with Crippen LogP contribution in [0.25, 0.3) is 0 Å². The number of carbonyl (C=O) groups is 3. The van der Waals surface area contributed by atoms with Crippen molar-refractivity contribution in [1.29, 1.82) is 0 Å². The maximum atomic E-state index is 12.0. The van der Waals surface area contributed by atoms with Crippen LogP contribution in [-0.4, -0.2) is 48.8 Å². The second kappa shape index (κ2) is 8.38. The number of likely N-dealkylation sites (N-methyl/N-ethyl adjacent to an activating group) is 2. The van der Waals surface area contributed by atoms with Gasteiger partial charge in [-0.25, -0.2) is 0 Å². The fraction of sp³-hybridized carbons (Fsp3) is 0.462. The molecule has 1 heterocycles. The summed E-state index contributed by atoms with van der Waals surface area (Å²) in [6.45, 7) is 5.06. The van der Waals surface area contributed by atoms with Gasteiger partial charge in [-0.2, -0.15) is 0 Å². The van der Waals surface area contributed by atoms with Gasteiger partial charge in [-0.05, 0) is 24.9 Å². The minimum atomic E-state index is -0.582. The lowest BCUT2D eigenvalue weighted by Gasteiger charge is -2.19. The van der Waals surface area contributed by atoms with Gasteiger partial charge in [0.05, 0.1) is 18.7 Å². The third kappa shape index (κ3) is 5.52. The van der Waals surface area contributed by atoms with Crippen molar-refractivity contribution in [3.8, 4) is 0 Å². The Balaban J connectivity index is 2.56. The zero-order chi connectivity index (χ0) is 15.8. The summed E-state index contributed by atoms with van der Waals surface area (Å²) in [7, 11) is 0. The zero-order valence-corrected chi connectivity index (χ0v) is 13.0. The minimum Gasteiger partial charge on any atom is -0.366 e. The molecular formula is C13H20N4O3S. The second-order valence-electron chi connectivity index (χ2n) is 4.33. The number of nitrogens with one attached hydrogen (secondary N) is 2. The standard InChI is InChI=1S/C13H20N4O3S/c1-3-15-10(18)7-17(4-2)8-11(19)16-13-9(12(14)20)5-6-21-13/h5-6H,3-4,7-8H2,1-2H3,(H2,14,20)(H,15,18)(H,16,19). The van der Waals surface area contributed by atoms with Gasteiger partial charge in [-0.15, -0.1) is 11.3 Å². The number of carbonyl (C=O) groups excluding carboxylic acids is 3. The zero-order valence-electron chi connectivity index (χ0n) is 12.1. The Morgan fingerprint density at radius 1 is 1.24 bits per heavy atom. The van der Waals surface area contributed by atoms with Gasteiger partial charge in [0.1, 0.15) is 5.00 Å². The fourth-order valence-electron chi connectivity index (χ4n) is 1.71. The molecule has 4 N–H and O–H groups in total. The van der Waals surface area contributed by atoms with E-state index in [-0.39, 0.29) is 24.9 Å². The van der Waals surface area contributed by atoms with Gasteiger partial charge in [0.15, 0.2) is 0 Å². The quantitative estimate of drug-likeness (QED) is 0.639. The van der Waals surface area contributed by atoms with Gasteiger partial charge in [0.25, 0.3) is 5.91 Å². The minimum absolute atomic E-state index is 0.0732. The number of primary amides is 1. The molecule has 0 saturated carbocycles. The highest BCUT2D eigenvalue weighted by Crippen LogP contribution is 2.22. The molecule has 116 valence electrons. The van der Waals surface area contributed by atoms with E-state index >= 15 is 0 Å². The molecule has 0 saturated heterocycles. The normalized spacial score (nSPS) is 10.4. The van der Waals surface area contributed by atoms with Crippen LogP contribution in [0.2, 0.25) is 0 Å². The molecule has 0 aromatic carbocycles. The molecule has 0 atom stereocenters. The van der Waals surface area contributed by atoms with Crippen molar-refractivity contribution in [2.45, 2.75) is 13.8 Å². The van der Waals surface area contributed by atoms with Crippen LogP contribution in [0.15, 0.2) is 11.4 Å². The number of nitrogens with zero attached hydrogens (tertiary/aromatic N) is 1. The van der Waals surface area contributed by atoms with Crippen molar-refractivity contribution in [2.75, 3.05) is 31.5 Å². The first kappa shape index (κ1) is 17.1. The van der Waals surface area contributed by atoms with Crippen LogP contribution >= 0.6 is 11.3 Å². The molecule has 0 aliphatic heterocycles. The molecule has 1 aromatic heterocycles. The topological polar surface area (TPSA) is 105 Å². The van der Waals surface area contributed by atoms with Crippen LogP contribution in [0.1, 0.15) is 24.2 Å². The highest BCUT2D eigenvalue weighted by Gasteiger charge is 2.16. The Labute approximate surface area is 127 Å². The Hall–Kier alpha value is -1.93. The predicted octanol–water partition coefficient (Wildman–Crippen LogP) is 0.244. The van der Waals surface area contributed by atoms with Crippen LogP contribution in [0.5, 0.6) is 0 Å². The molecule has 1 aromatic rings. The molecule has 3 amide bonds. The lowest BCUT2D eigenvalue weighted by atomic mass is 10.3. The maximum absolute atomic E-state index is 12.0. The molecule has 0 bridgehead atoms. The van der Waals surface area contributed by atoms with Crippen molar-refractivity contribution in [3.63, 3.8) is 0 Å². The van der Waals surface area contributed by atoms with Crippen molar-refractivity contribution in [1.82, 2.24) is 10.2 Å². The van der Waals surface area contributed by atoms with Crippen molar-refractivity contribution in [2.24, 2.45) is 5.73 Å². The van der Waals surface area contributed by atoms with Crippen LogP contribution in [0.4, 0.5) is 5.00 Å². The Bertz CT molecular complexity index is 515. The first-order chi connectivity index (χ1) is 9.97. The molecule has 0 unspecified atom stereocenters. The third-order valence-corrected chi connectivity index (χ3v) is 3.57. The van der Waals surface area contributed by atoms with Crippen LogP contribution in [0.3, 0.4) is 0 Å². The summed E-state index contributed by atoms with van der Waals surface area (Å²) in [6, 6.07) is 1.56. The summed E-state index contributed by atoms with van der Waals surface area (Å²) in [5, 5.41) is 7.44. The SMILES string of the molecule is CCNC(=O)CN(CC)CC(=O)Nc1sccc1C(N)=O. The van der Waals surface area contributed by atoms with E-state index in [9.17, 15) is 14.4 Å². The lowest BCUT2D eigenvalue weighted by molar-refractivity contribution is -0.123. The molecule has 8 heteroatoms. The number of anilines is 1. The van der Waals surface area contributed by atoms with E-state index in [1.54, 1.807) is 16.3 Å². The average Bonchev–Trinajstić information content (AvgIpc) is 2.86. The first-order valence-corrected chi connectivity index (χ1v) is 7.52. The molecule has 0 aliphatic carbocycles. The number of nitrogens with two attached hydrogens (primary N) is 1. The van der Waals surface area contributed by atoms with E-state index in [2.05, 4.69) is 10.6 Å². The second-order valence-corrected chi connectivity index (χ2v) is 5.25. The number of rotatable bonds is 8. The van der Waals surface area contributed by atoms with Crippen LogP contribution in [0, 0.1) is 0 Å². The van der Waals surface area contributed by atoms with E-state index < -0.39 is 5.91 Å². The van der Waals surface area contributed by atoms with E-state index in [0.717, 1.165) is 0 Å². The molecule has 0 fully saturated rings. The van der Waals surface area contributed by atoms with Crippen LogP contribution < -0.4 is 16.4 Å². The number of amides is 3. The van der Waals surface area contributed by atoms with Crippen molar-refractivity contribution >= 4 is 34.1 Å². The van der Waals surface area contributed by atoms with E-state index in [1.165, 1.54) is 11.3 Å². The first-order valence-electron chi connectivity index (χ1n) is 6.64. The van der Waals surface area contributed by atoms with Crippen molar-refractivity contribution in [3.05, 3.63) is 17.0 Å². The smallest absolute Gasteiger partial charge is 0.251 e. The lowest BCUT2D eigenvalue weighted by Crippen LogP contribution is -2.41. The van der Waals surface area contributed by atoms with E-state index in [4.69, 9.17) is 5.73 Å². The Morgan fingerprint density at radius 2 is 1.90 bits per heavy atom. The monoisotopic (exact) mass is 312 g/mol. The van der Waals surface area contributed by atoms with E-state index in [0.29, 0.717) is 23.7 Å². The predicted molar refractivity (Wildman–Crippen MR) is 82.3 cm³/mol. The van der Waals surface area contributed by atoms with Gasteiger partial charge in [0.2, 0.25) is 11.8 Å². The summed E-state index contributed by atoms with van der Waals surface area (Å²) in [5.74, 6) is -0.992. The molecule has 21 heavy (non-hydrogen) atoms. The maximum Gasteiger partial charge on any atom is 0.251 e. The molecular weight excluding hydrogens is 292 g/mol. The Morgan fingerprint density at radius 3 is 2.48 bits per heavy atom. The van der Waals surface area contributed by atoms with Crippen LogP contribution in [-0.2, 0) is 9.59 Å². The summed E-state index contributed by atoms with van der Waals surface area (Å²) in [5.41, 5.74) is 5.51. The average molecular weight is 312 g/mol.